The van der Waals surface area contributed by atoms with Gasteiger partial charge in [-0.1, -0.05) is 6.07 Å². The van der Waals surface area contributed by atoms with E-state index in [0.29, 0.717) is 18.8 Å². The van der Waals surface area contributed by atoms with Gasteiger partial charge in [-0.2, -0.15) is 0 Å². The number of halogens is 1. The molecule has 96 valence electrons. The number of nitrogens with one attached hydrogen (secondary N) is 1. The summed E-state index contributed by atoms with van der Waals surface area (Å²) in [6, 6.07) is 8.15. The lowest BCUT2D eigenvalue weighted by atomic mass is 10.1. The minimum absolute atomic E-state index is 0.230. The SMILES string of the molecule is Cc1cc(F)ccc1CNCC(O)c1ccco1. The third kappa shape index (κ3) is 3.18. The topological polar surface area (TPSA) is 45.4 Å². The van der Waals surface area contributed by atoms with E-state index in [1.165, 1.54) is 18.4 Å². The van der Waals surface area contributed by atoms with Gasteiger partial charge in [-0.25, -0.2) is 4.39 Å². The molecule has 3 nitrogen and oxygen atoms in total. The van der Waals surface area contributed by atoms with Crippen molar-refractivity contribution in [1.82, 2.24) is 5.32 Å². The first-order valence-corrected chi connectivity index (χ1v) is 5.84. The molecule has 0 spiro atoms. The summed E-state index contributed by atoms with van der Waals surface area (Å²) in [6.07, 6.45) is 0.864. The van der Waals surface area contributed by atoms with Crippen molar-refractivity contribution < 1.29 is 13.9 Å². The van der Waals surface area contributed by atoms with Crippen LogP contribution < -0.4 is 5.32 Å². The summed E-state index contributed by atoms with van der Waals surface area (Å²) in [5.74, 6) is 0.310. The maximum atomic E-state index is 12.9. The Morgan fingerprint density at radius 2 is 2.22 bits per heavy atom. The van der Waals surface area contributed by atoms with Crippen LogP contribution in [0.2, 0.25) is 0 Å². The Morgan fingerprint density at radius 3 is 2.89 bits per heavy atom. The molecule has 0 radical (unpaired) electrons. The van der Waals surface area contributed by atoms with Crippen molar-refractivity contribution in [2.45, 2.75) is 19.6 Å². The van der Waals surface area contributed by atoms with Crippen molar-refractivity contribution in [3.05, 3.63) is 59.3 Å². The van der Waals surface area contributed by atoms with Crippen LogP contribution in [0.5, 0.6) is 0 Å². The summed E-state index contributed by atoms with van der Waals surface area (Å²) in [6.45, 7) is 2.84. The van der Waals surface area contributed by atoms with Crippen LogP contribution in [0, 0.1) is 12.7 Å². The number of hydrogen-bond donors (Lipinski definition) is 2. The highest BCUT2D eigenvalue weighted by Gasteiger charge is 2.09. The van der Waals surface area contributed by atoms with Crippen molar-refractivity contribution in [1.29, 1.82) is 0 Å². The fourth-order valence-corrected chi connectivity index (χ4v) is 1.78. The Balaban J connectivity index is 1.85. The van der Waals surface area contributed by atoms with Gasteiger partial charge in [0, 0.05) is 13.1 Å². The number of benzene rings is 1. The second-order valence-corrected chi connectivity index (χ2v) is 4.23. The third-order valence-corrected chi connectivity index (χ3v) is 2.83. The van der Waals surface area contributed by atoms with Gasteiger partial charge in [-0.15, -0.1) is 0 Å². The molecule has 1 atom stereocenters. The van der Waals surface area contributed by atoms with Crippen molar-refractivity contribution in [2.75, 3.05) is 6.54 Å². The Hall–Kier alpha value is -1.65. The number of aliphatic hydroxyl groups is 1. The smallest absolute Gasteiger partial charge is 0.133 e. The quantitative estimate of drug-likeness (QED) is 0.856. The first-order valence-electron chi connectivity index (χ1n) is 5.84. The van der Waals surface area contributed by atoms with E-state index in [-0.39, 0.29) is 5.82 Å². The zero-order valence-electron chi connectivity index (χ0n) is 10.2. The summed E-state index contributed by atoms with van der Waals surface area (Å²) in [7, 11) is 0. The largest absolute Gasteiger partial charge is 0.467 e. The zero-order chi connectivity index (χ0) is 13.0. The van der Waals surface area contributed by atoms with E-state index in [9.17, 15) is 9.50 Å². The summed E-state index contributed by atoms with van der Waals surface area (Å²) < 4.78 is 18.0. The zero-order valence-corrected chi connectivity index (χ0v) is 10.2. The lowest BCUT2D eigenvalue weighted by molar-refractivity contribution is 0.147. The van der Waals surface area contributed by atoms with Crippen LogP contribution in [0.1, 0.15) is 23.0 Å². The highest BCUT2D eigenvalue weighted by Crippen LogP contribution is 2.13. The summed E-state index contributed by atoms with van der Waals surface area (Å²) in [4.78, 5) is 0. The molecule has 0 aliphatic carbocycles. The maximum absolute atomic E-state index is 12.9. The molecule has 0 bridgehead atoms. The third-order valence-electron chi connectivity index (χ3n) is 2.83. The number of hydrogen-bond acceptors (Lipinski definition) is 3. The van der Waals surface area contributed by atoms with Crippen molar-refractivity contribution in [3.8, 4) is 0 Å². The van der Waals surface area contributed by atoms with Crippen LogP contribution in [-0.4, -0.2) is 11.7 Å². The molecule has 1 heterocycles. The maximum Gasteiger partial charge on any atom is 0.133 e. The standard InChI is InChI=1S/C14H16FNO2/c1-10-7-12(15)5-4-11(10)8-16-9-13(17)14-3-2-6-18-14/h2-7,13,16-17H,8-9H2,1H3. The fraction of sp³-hybridized carbons (Fsp3) is 0.286. The second-order valence-electron chi connectivity index (χ2n) is 4.23. The van der Waals surface area contributed by atoms with Crippen LogP contribution >= 0.6 is 0 Å². The first-order chi connectivity index (χ1) is 8.66. The van der Waals surface area contributed by atoms with E-state index in [2.05, 4.69) is 5.32 Å². The summed E-state index contributed by atoms with van der Waals surface area (Å²) >= 11 is 0. The van der Waals surface area contributed by atoms with Gasteiger partial charge in [-0.3, -0.25) is 0 Å². The Kier molecular flexibility index (Phi) is 4.12. The van der Waals surface area contributed by atoms with E-state index >= 15 is 0 Å². The molecule has 0 aliphatic heterocycles. The Bertz CT molecular complexity index is 497. The number of furan rings is 1. The van der Waals surface area contributed by atoms with Crippen LogP contribution in [0.3, 0.4) is 0 Å². The Labute approximate surface area is 105 Å². The molecule has 18 heavy (non-hydrogen) atoms. The lowest BCUT2D eigenvalue weighted by Crippen LogP contribution is -2.21. The van der Waals surface area contributed by atoms with E-state index in [1.807, 2.05) is 6.92 Å². The van der Waals surface area contributed by atoms with Crippen molar-refractivity contribution in [2.24, 2.45) is 0 Å². The molecule has 2 N–H and O–H groups in total. The summed E-state index contributed by atoms with van der Waals surface area (Å²) in [5, 5.41) is 12.9. The highest BCUT2D eigenvalue weighted by molar-refractivity contribution is 5.26. The molecule has 0 saturated carbocycles. The number of rotatable bonds is 5. The number of aliphatic hydroxyl groups excluding tert-OH is 1. The van der Waals surface area contributed by atoms with Gasteiger partial charge < -0.3 is 14.8 Å². The molecule has 0 amide bonds. The van der Waals surface area contributed by atoms with Gasteiger partial charge in [-0.05, 0) is 42.3 Å². The van der Waals surface area contributed by atoms with Gasteiger partial charge in [0.1, 0.15) is 17.7 Å². The normalized spacial score (nSPS) is 12.6. The minimum Gasteiger partial charge on any atom is -0.467 e. The average Bonchev–Trinajstić information content (AvgIpc) is 2.85. The van der Waals surface area contributed by atoms with Gasteiger partial charge in [0.05, 0.1) is 6.26 Å². The lowest BCUT2D eigenvalue weighted by Gasteiger charge is -2.11. The number of aryl methyl sites for hydroxylation is 1. The predicted octanol–water partition coefficient (Wildman–Crippen LogP) is 2.55. The molecular weight excluding hydrogens is 233 g/mol. The molecule has 0 aliphatic rings. The van der Waals surface area contributed by atoms with E-state index in [4.69, 9.17) is 4.42 Å². The minimum atomic E-state index is -0.666. The van der Waals surface area contributed by atoms with Gasteiger partial charge in [0.2, 0.25) is 0 Å². The first kappa shape index (κ1) is 12.8. The van der Waals surface area contributed by atoms with Gasteiger partial charge >= 0.3 is 0 Å². The average molecular weight is 249 g/mol. The van der Waals surface area contributed by atoms with Crippen LogP contribution in [-0.2, 0) is 6.54 Å². The molecule has 0 fully saturated rings. The molecule has 1 aromatic carbocycles. The van der Waals surface area contributed by atoms with Crippen molar-refractivity contribution in [3.63, 3.8) is 0 Å². The summed E-state index contributed by atoms with van der Waals surface area (Å²) in [5.41, 5.74) is 1.91. The Morgan fingerprint density at radius 1 is 1.39 bits per heavy atom. The fourth-order valence-electron chi connectivity index (χ4n) is 1.78. The van der Waals surface area contributed by atoms with E-state index < -0.39 is 6.10 Å². The van der Waals surface area contributed by atoms with Crippen LogP contribution in [0.25, 0.3) is 0 Å². The van der Waals surface area contributed by atoms with Crippen LogP contribution in [0.4, 0.5) is 4.39 Å². The molecule has 1 aromatic heterocycles. The molecular formula is C14H16FNO2. The van der Waals surface area contributed by atoms with E-state index in [1.54, 1.807) is 18.2 Å². The molecule has 4 heteroatoms. The second kappa shape index (κ2) is 5.80. The monoisotopic (exact) mass is 249 g/mol. The van der Waals surface area contributed by atoms with Crippen LogP contribution in [0.15, 0.2) is 41.0 Å². The van der Waals surface area contributed by atoms with Gasteiger partial charge in [0.15, 0.2) is 0 Å². The highest BCUT2D eigenvalue weighted by atomic mass is 19.1. The molecule has 0 saturated heterocycles. The predicted molar refractivity (Wildman–Crippen MR) is 66.5 cm³/mol. The van der Waals surface area contributed by atoms with Gasteiger partial charge in [0.25, 0.3) is 0 Å². The molecule has 2 rings (SSSR count). The molecule has 2 aromatic rings. The molecule has 1 unspecified atom stereocenters. The van der Waals surface area contributed by atoms with E-state index in [0.717, 1.165) is 11.1 Å². The van der Waals surface area contributed by atoms with Crippen molar-refractivity contribution >= 4 is 0 Å².